The molecule has 16 heavy (non-hydrogen) atoms. The highest BCUT2D eigenvalue weighted by Crippen LogP contribution is 1.97. The van der Waals surface area contributed by atoms with Gasteiger partial charge in [0, 0.05) is 6.26 Å². The molecule has 0 aliphatic rings. The highest BCUT2D eigenvalue weighted by atomic mass is 32.2. The fraction of sp³-hybridized carbons (Fsp3) is 0.857. The van der Waals surface area contributed by atoms with Crippen LogP contribution in [0.3, 0.4) is 0 Å². The third-order valence-electron chi connectivity index (χ3n) is 1.75. The molecule has 9 heteroatoms. The summed E-state index contributed by atoms with van der Waals surface area (Å²) in [6.45, 7) is 1.51. The van der Waals surface area contributed by atoms with Crippen LogP contribution in [-0.2, 0) is 24.7 Å². The number of carbonyl (C=O) groups is 1. The molecule has 0 aliphatic carbocycles. The van der Waals surface area contributed by atoms with Crippen molar-refractivity contribution in [3.05, 3.63) is 0 Å². The van der Waals surface area contributed by atoms with E-state index in [1.807, 2.05) is 4.72 Å². The summed E-state index contributed by atoms with van der Waals surface area (Å²) in [5, 5.41) is 8.62. The number of carboxylic acid groups (broad SMARTS) is 1. The molecule has 1 atom stereocenters. The molecular formula is C7H15NO6S2. The van der Waals surface area contributed by atoms with Crippen molar-refractivity contribution in [2.75, 3.05) is 17.8 Å². The second-order valence-corrected chi connectivity index (χ2v) is 7.50. The lowest BCUT2D eigenvalue weighted by molar-refractivity contribution is -0.139. The smallest absolute Gasteiger partial charge is 0.321 e. The summed E-state index contributed by atoms with van der Waals surface area (Å²) in [6, 6.07) is -1.22. The number of hydrogen-bond donors (Lipinski definition) is 2. The summed E-state index contributed by atoms with van der Waals surface area (Å²) >= 11 is 0. The summed E-state index contributed by atoms with van der Waals surface area (Å²) in [7, 11) is -7.27. The first-order valence-electron chi connectivity index (χ1n) is 4.48. The van der Waals surface area contributed by atoms with E-state index in [2.05, 4.69) is 0 Å². The lowest BCUT2D eigenvalue weighted by Gasteiger charge is -2.12. The predicted molar refractivity (Wildman–Crippen MR) is 58.3 cm³/mol. The third-order valence-corrected chi connectivity index (χ3v) is 4.34. The van der Waals surface area contributed by atoms with Crippen LogP contribution < -0.4 is 4.72 Å². The molecule has 7 nitrogen and oxygen atoms in total. The average molecular weight is 273 g/mol. The zero-order valence-electron chi connectivity index (χ0n) is 9.00. The first-order valence-corrected chi connectivity index (χ1v) is 8.19. The van der Waals surface area contributed by atoms with Crippen LogP contribution in [0.1, 0.15) is 13.3 Å². The van der Waals surface area contributed by atoms with Crippen LogP contribution in [0.4, 0.5) is 0 Å². The molecule has 0 rings (SSSR count). The largest absolute Gasteiger partial charge is 0.480 e. The summed E-state index contributed by atoms with van der Waals surface area (Å²) in [5.74, 6) is -2.45. The zero-order chi connectivity index (χ0) is 13.0. The van der Waals surface area contributed by atoms with Gasteiger partial charge in [-0.25, -0.2) is 21.6 Å². The molecule has 0 spiro atoms. The van der Waals surface area contributed by atoms with E-state index in [-0.39, 0.29) is 6.42 Å². The molecule has 96 valence electrons. The highest BCUT2D eigenvalue weighted by molar-refractivity contribution is 7.93. The molecule has 0 amide bonds. The molecular weight excluding hydrogens is 258 g/mol. The maximum Gasteiger partial charge on any atom is 0.321 e. The topological polar surface area (TPSA) is 118 Å². The quantitative estimate of drug-likeness (QED) is 0.602. The fourth-order valence-corrected chi connectivity index (χ4v) is 3.75. The molecule has 0 aromatic rings. The number of aliphatic carboxylic acids is 1. The van der Waals surface area contributed by atoms with Gasteiger partial charge in [-0.1, -0.05) is 6.92 Å². The molecule has 0 bridgehead atoms. The highest BCUT2D eigenvalue weighted by Gasteiger charge is 2.23. The van der Waals surface area contributed by atoms with Gasteiger partial charge in [-0.15, -0.1) is 0 Å². The molecule has 0 saturated carbocycles. The normalized spacial score (nSPS) is 14.6. The maximum absolute atomic E-state index is 11.3. The van der Waals surface area contributed by atoms with Crippen LogP contribution in [0.2, 0.25) is 0 Å². The number of carboxylic acids is 1. The lowest BCUT2D eigenvalue weighted by Crippen LogP contribution is -2.42. The van der Waals surface area contributed by atoms with Gasteiger partial charge in [-0.2, -0.15) is 0 Å². The van der Waals surface area contributed by atoms with Crippen molar-refractivity contribution in [1.29, 1.82) is 0 Å². The second kappa shape index (κ2) is 5.60. The van der Waals surface area contributed by atoms with E-state index in [0.29, 0.717) is 0 Å². The Morgan fingerprint density at radius 1 is 1.25 bits per heavy atom. The molecule has 0 radical (unpaired) electrons. The molecule has 1 unspecified atom stereocenters. The van der Waals surface area contributed by atoms with Crippen LogP contribution in [0.15, 0.2) is 0 Å². The van der Waals surface area contributed by atoms with Crippen molar-refractivity contribution in [3.8, 4) is 0 Å². The van der Waals surface area contributed by atoms with E-state index in [1.54, 1.807) is 0 Å². The number of sulfone groups is 1. The van der Waals surface area contributed by atoms with Crippen LogP contribution in [0, 0.1) is 0 Å². The number of nitrogens with one attached hydrogen (secondary N) is 1. The number of hydrogen-bond acceptors (Lipinski definition) is 5. The first-order chi connectivity index (χ1) is 7.07. The SMILES string of the molecule is CCC(NS(=O)(=O)CCS(C)(=O)=O)C(=O)O. The van der Waals surface area contributed by atoms with Crippen LogP contribution in [-0.4, -0.2) is 51.7 Å². The lowest BCUT2D eigenvalue weighted by atomic mass is 10.2. The summed E-state index contributed by atoms with van der Waals surface area (Å²) in [6.07, 6.45) is 1.00. The molecule has 0 aromatic heterocycles. The number of sulfonamides is 1. The van der Waals surface area contributed by atoms with Gasteiger partial charge < -0.3 is 5.11 Å². The van der Waals surface area contributed by atoms with Crippen molar-refractivity contribution in [2.24, 2.45) is 0 Å². The zero-order valence-corrected chi connectivity index (χ0v) is 10.6. The van der Waals surface area contributed by atoms with E-state index in [0.717, 1.165) is 6.26 Å². The Balaban J connectivity index is 4.52. The van der Waals surface area contributed by atoms with E-state index in [1.165, 1.54) is 6.92 Å². The molecule has 0 fully saturated rings. The molecule has 0 aliphatic heterocycles. The third kappa shape index (κ3) is 6.75. The summed E-state index contributed by atoms with van der Waals surface area (Å²) in [5.41, 5.74) is 0. The summed E-state index contributed by atoms with van der Waals surface area (Å²) in [4.78, 5) is 10.6. The predicted octanol–water partition coefficient (Wildman–Crippen LogP) is -1.19. The van der Waals surface area contributed by atoms with Crippen LogP contribution >= 0.6 is 0 Å². The Kier molecular flexibility index (Phi) is 5.36. The first kappa shape index (κ1) is 15.3. The second-order valence-electron chi connectivity index (χ2n) is 3.37. The Morgan fingerprint density at radius 3 is 2.06 bits per heavy atom. The molecule has 2 N–H and O–H groups in total. The van der Waals surface area contributed by atoms with Crippen LogP contribution in [0.5, 0.6) is 0 Å². The van der Waals surface area contributed by atoms with E-state index in [4.69, 9.17) is 5.11 Å². The maximum atomic E-state index is 11.3. The van der Waals surface area contributed by atoms with E-state index >= 15 is 0 Å². The van der Waals surface area contributed by atoms with Gasteiger partial charge in [0.1, 0.15) is 15.9 Å². The fourth-order valence-electron chi connectivity index (χ4n) is 0.845. The van der Waals surface area contributed by atoms with Crippen molar-refractivity contribution < 1.29 is 26.7 Å². The van der Waals surface area contributed by atoms with Gasteiger partial charge in [-0.05, 0) is 6.42 Å². The Bertz CT molecular complexity index is 437. The Morgan fingerprint density at radius 2 is 1.75 bits per heavy atom. The van der Waals surface area contributed by atoms with E-state index < -0.39 is 43.4 Å². The molecule has 0 heterocycles. The Labute approximate surface area is 94.8 Å². The van der Waals surface area contributed by atoms with Gasteiger partial charge in [0.05, 0.1) is 11.5 Å². The van der Waals surface area contributed by atoms with Crippen molar-refractivity contribution in [3.63, 3.8) is 0 Å². The van der Waals surface area contributed by atoms with Crippen molar-refractivity contribution in [2.45, 2.75) is 19.4 Å². The monoisotopic (exact) mass is 273 g/mol. The van der Waals surface area contributed by atoms with Gasteiger partial charge in [0.2, 0.25) is 10.0 Å². The molecule has 0 aromatic carbocycles. The van der Waals surface area contributed by atoms with Crippen molar-refractivity contribution >= 4 is 25.8 Å². The minimum absolute atomic E-state index is 0.0907. The minimum Gasteiger partial charge on any atom is -0.480 e. The van der Waals surface area contributed by atoms with Gasteiger partial charge in [0.15, 0.2) is 0 Å². The van der Waals surface area contributed by atoms with E-state index in [9.17, 15) is 21.6 Å². The van der Waals surface area contributed by atoms with Crippen molar-refractivity contribution in [1.82, 2.24) is 4.72 Å². The van der Waals surface area contributed by atoms with Crippen LogP contribution in [0.25, 0.3) is 0 Å². The van der Waals surface area contributed by atoms with Gasteiger partial charge in [0.25, 0.3) is 0 Å². The van der Waals surface area contributed by atoms with Gasteiger partial charge in [-0.3, -0.25) is 4.79 Å². The summed E-state index contributed by atoms with van der Waals surface area (Å²) < 4.78 is 46.1. The average Bonchev–Trinajstić information content (AvgIpc) is 2.10. The van der Waals surface area contributed by atoms with Gasteiger partial charge >= 0.3 is 5.97 Å². The number of rotatable bonds is 7. The Hall–Kier alpha value is -0.670. The minimum atomic E-state index is -3.88. The standard InChI is InChI=1S/C7H15NO6S2/c1-3-6(7(9)10)8-16(13,14)5-4-15(2,11)12/h6,8H,3-5H2,1-2H3,(H,9,10). The molecule has 0 saturated heterocycles.